The Morgan fingerprint density at radius 1 is 0.320 bits per heavy atom. The highest BCUT2D eigenvalue weighted by Gasteiger charge is 2.40. The molecule has 15 amide bonds. The van der Waals surface area contributed by atoms with Crippen LogP contribution >= 0.6 is 0 Å². The van der Waals surface area contributed by atoms with E-state index in [4.69, 9.17) is 68.8 Å². The number of aliphatic imine (C=N–C) groups is 4. The molecule has 0 unspecified atom stereocenters. The van der Waals surface area contributed by atoms with Crippen molar-refractivity contribution in [3.63, 3.8) is 0 Å². The average molecular weight is 1820 g/mol. The van der Waals surface area contributed by atoms with Gasteiger partial charge in [-0.05, 0) is 194 Å². The molecule has 0 aromatic carbocycles. The lowest BCUT2D eigenvalue weighted by Gasteiger charge is -2.30. The molecule has 51 heteroatoms. The number of hydrogen-bond acceptors (Lipinski definition) is 26. The molecule has 0 aromatic heterocycles. The fourth-order valence-electron chi connectivity index (χ4n) is 12.8. The SMILES string of the molecule is CC(C)[C@H](NC(=O)[C@H](CCCN=C(N)N)NC(=O)[C@H](CCCN=C(N)N)NC(=O)[C@H](CCCCN)NC(=O)[C@H](C)NC(=O)[C@H](CCCCN)NC(=O)[C@@H](NC(=O)[C@@H]1CCCN1)[C@@H](C)O)C(=O)N[C@H](C(=O)N[C@@H](CCC(N)=O)C(=O)N[C@@H](CCCN=C(N)N)C(=O)N[C@@H](CCC(=O)O)C(=O)N[C@@H](CCCCN)C(=O)N[C@@H](CCCN=C(N)N)C(=O)N[C@@H](C)C(=O)O)C(C)C. The number of primary amides is 1. The van der Waals surface area contributed by atoms with Crippen LogP contribution in [0.3, 0.4) is 0 Å². The van der Waals surface area contributed by atoms with Crippen LogP contribution in [-0.2, 0) is 81.5 Å². The van der Waals surface area contributed by atoms with E-state index < -0.39 is 235 Å². The predicted octanol–water partition coefficient (Wildman–Crippen LogP) is -10.9. The summed E-state index contributed by atoms with van der Waals surface area (Å²) >= 11 is 0. The monoisotopic (exact) mass is 1820 g/mol. The Bertz CT molecular complexity index is 3740. The standard InChI is InChI=1S/C77H143N31O20/c1-39(2)56(70(124)105-52(27-29-54(81)110)67(121)101-50(25-17-37-93-76(86)87)66(120)103-53(28-30-55(111)112)68(122)98-47(21-10-13-33-80)64(118)99-48(23-15-35-91-74(82)83)62(116)96-42(6)73(127)128)107-71(125)57(40(3)4)106-69(123)51(26-18-38-94-77(88)89)102-65(119)49(24-16-36-92-75(84)85)100-63(117)46(20-9-12-32-79)97-59(113)41(5)95-61(115)45(19-8-11-31-78)104-72(126)58(43(7)109)108-60(114)44-22-14-34-90-44/h39-53,56-58,90,109H,8-38,78-80H2,1-7H3,(H2,81,110)(H,95,115)(H,96,116)(H,97,113)(H,98,122)(H,99,118)(H,100,117)(H,101,121)(H,102,119)(H,103,120)(H,104,126)(H,105,124)(H,106,123)(H,107,125)(H,108,114)(H,111,112)(H,127,128)(H4,82,83,91)(H4,84,85,92)(H4,86,87,93)(H4,88,89,94)/t41-,42-,43+,44-,45-,46-,47-,48-,49-,50-,51-,52-,53-,56-,57-,58-/m0/s1. The van der Waals surface area contributed by atoms with Gasteiger partial charge in [-0.1, -0.05) is 27.7 Å². The summed E-state index contributed by atoms with van der Waals surface area (Å²) in [6, 6.07) is -22.1. The molecule has 1 aliphatic heterocycles. The quantitative estimate of drug-likeness (QED) is 0.0153. The number of aliphatic hydroxyl groups excluding tert-OH is 1. The summed E-state index contributed by atoms with van der Waals surface area (Å²) < 4.78 is 0. The molecule has 0 aromatic rings. The number of nitrogens with zero attached hydrogens (tertiary/aromatic N) is 4. The summed E-state index contributed by atoms with van der Waals surface area (Å²) in [5, 5.41) is 68.5. The number of amides is 15. The number of nitrogens with one attached hydrogen (secondary N) is 15. The number of unbranched alkanes of at least 4 members (excludes halogenated alkanes) is 3. The molecule has 0 spiro atoms. The third kappa shape index (κ3) is 46.9. The number of nitrogens with two attached hydrogens (primary N) is 12. The van der Waals surface area contributed by atoms with Gasteiger partial charge in [0, 0.05) is 39.0 Å². The molecule has 1 rings (SSSR count). The van der Waals surface area contributed by atoms with Gasteiger partial charge in [0.1, 0.15) is 84.6 Å². The Morgan fingerprint density at radius 3 is 0.867 bits per heavy atom. The van der Waals surface area contributed by atoms with Crippen molar-refractivity contribution in [2.75, 3.05) is 52.4 Å². The maximum atomic E-state index is 14.8. The molecule has 0 radical (unpaired) electrons. The molecule has 16 atom stereocenters. The third-order valence-electron chi connectivity index (χ3n) is 20.1. The summed E-state index contributed by atoms with van der Waals surface area (Å²) in [5.41, 5.74) is 67.3. The Hall–Kier alpha value is -12.1. The Labute approximate surface area is 744 Å². The van der Waals surface area contributed by atoms with Crippen molar-refractivity contribution in [2.24, 2.45) is 101 Å². The van der Waals surface area contributed by atoms with Gasteiger partial charge < -0.3 is 164 Å². The minimum atomic E-state index is -1.80. The zero-order valence-electron chi connectivity index (χ0n) is 74.3. The topological polar surface area (TPSA) is 893 Å². The summed E-state index contributed by atoms with van der Waals surface area (Å²) in [7, 11) is 0. The van der Waals surface area contributed by atoms with Gasteiger partial charge in [0.15, 0.2) is 23.8 Å². The third-order valence-corrected chi connectivity index (χ3v) is 20.1. The van der Waals surface area contributed by atoms with Gasteiger partial charge in [-0.15, -0.1) is 0 Å². The van der Waals surface area contributed by atoms with Crippen molar-refractivity contribution in [1.82, 2.24) is 79.8 Å². The molecule has 0 saturated carbocycles. The Balaban J connectivity index is 3.85. The van der Waals surface area contributed by atoms with Crippen LogP contribution in [0.15, 0.2) is 20.0 Å². The van der Waals surface area contributed by atoms with Crippen LogP contribution in [0.5, 0.6) is 0 Å². The van der Waals surface area contributed by atoms with Crippen molar-refractivity contribution in [1.29, 1.82) is 0 Å². The van der Waals surface area contributed by atoms with Crippen LogP contribution in [0.2, 0.25) is 0 Å². The van der Waals surface area contributed by atoms with Crippen LogP contribution in [0.4, 0.5) is 0 Å². The van der Waals surface area contributed by atoms with E-state index in [2.05, 4.69) is 99.7 Å². The maximum absolute atomic E-state index is 14.8. The number of carboxylic acid groups (broad SMARTS) is 2. The minimum absolute atomic E-state index is 0.00383. The number of carbonyl (C=O) groups excluding carboxylic acids is 15. The van der Waals surface area contributed by atoms with E-state index in [-0.39, 0.29) is 153 Å². The van der Waals surface area contributed by atoms with Crippen LogP contribution < -0.4 is 149 Å². The number of aliphatic carboxylic acids is 2. The first-order valence-electron chi connectivity index (χ1n) is 43.0. The molecule has 42 N–H and O–H groups in total. The largest absolute Gasteiger partial charge is 0.481 e. The molecule has 1 heterocycles. The van der Waals surface area contributed by atoms with Crippen molar-refractivity contribution in [3.05, 3.63) is 0 Å². The van der Waals surface area contributed by atoms with Crippen LogP contribution in [0.25, 0.3) is 0 Å². The van der Waals surface area contributed by atoms with E-state index in [9.17, 15) is 96.8 Å². The predicted molar refractivity (Wildman–Crippen MR) is 472 cm³/mol. The van der Waals surface area contributed by atoms with Gasteiger partial charge in [-0.25, -0.2) is 0 Å². The molecule has 1 saturated heterocycles. The Morgan fingerprint density at radius 2 is 0.586 bits per heavy atom. The van der Waals surface area contributed by atoms with Gasteiger partial charge in [-0.3, -0.25) is 101 Å². The number of aliphatic hydroxyl groups is 1. The first-order chi connectivity index (χ1) is 60.3. The number of carbonyl (C=O) groups is 17. The molecule has 1 fully saturated rings. The van der Waals surface area contributed by atoms with Crippen molar-refractivity contribution >= 4 is 124 Å². The van der Waals surface area contributed by atoms with Gasteiger partial charge in [0.05, 0.1) is 12.1 Å². The summed E-state index contributed by atoms with van der Waals surface area (Å²) in [6.07, 6.45) is -1.92. The highest BCUT2D eigenvalue weighted by atomic mass is 16.4. The maximum Gasteiger partial charge on any atom is 0.325 e. The van der Waals surface area contributed by atoms with Crippen LogP contribution in [0.1, 0.15) is 196 Å². The van der Waals surface area contributed by atoms with Crippen molar-refractivity contribution in [3.8, 4) is 0 Å². The van der Waals surface area contributed by atoms with E-state index in [1.807, 2.05) is 0 Å². The van der Waals surface area contributed by atoms with E-state index in [0.29, 0.717) is 45.1 Å². The highest BCUT2D eigenvalue weighted by Crippen LogP contribution is 2.16. The summed E-state index contributed by atoms with van der Waals surface area (Å²) in [5.74, 6) is -20.1. The smallest absolute Gasteiger partial charge is 0.325 e. The normalized spacial score (nSPS) is 15.7. The van der Waals surface area contributed by atoms with Crippen molar-refractivity contribution < 1.29 is 96.8 Å². The number of guanidine groups is 4. The fourth-order valence-corrected chi connectivity index (χ4v) is 12.8. The van der Waals surface area contributed by atoms with Gasteiger partial charge >= 0.3 is 11.9 Å². The number of carboxylic acids is 2. The van der Waals surface area contributed by atoms with E-state index in [1.54, 1.807) is 0 Å². The molecule has 726 valence electrons. The summed E-state index contributed by atoms with van der Waals surface area (Å²) in [6.45, 7) is 10.6. The molecule has 1 aliphatic rings. The van der Waals surface area contributed by atoms with E-state index in [0.717, 1.165) is 0 Å². The molecular formula is C77H143N31O20. The Kier molecular flexibility index (Phi) is 55.2. The van der Waals surface area contributed by atoms with Crippen LogP contribution in [0, 0.1) is 11.8 Å². The molecular weight excluding hydrogens is 1680 g/mol. The first-order valence-corrected chi connectivity index (χ1v) is 43.0. The second-order valence-electron chi connectivity index (χ2n) is 31.8. The lowest BCUT2D eigenvalue weighted by Crippen LogP contribution is -2.62. The number of rotatable bonds is 66. The molecule has 128 heavy (non-hydrogen) atoms. The lowest BCUT2D eigenvalue weighted by atomic mass is 9.98. The number of hydrogen-bond donors (Lipinski definition) is 30. The van der Waals surface area contributed by atoms with E-state index >= 15 is 0 Å². The first kappa shape index (κ1) is 114. The zero-order chi connectivity index (χ0) is 96.9. The molecule has 0 aliphatic carbocycles. The highest BCUT2D eigenvalue weighted by molar-refractivity contribution is 6.01. The lowest BCUT2D eigenvalue weighted by molar-refractivity contribution is -0.142. The van der Waals surface area contributed by atoms with Crippen molar-refractivity contribution in [2.45, 2.75) is 293 Å². The second kappa shape index (κ2) is 62.1. The van der Waals surface area contributed by atoms with Gasteiger partial charge in [0.25, 0.3) is 0 Å². The summed E-state index contributed by atoms with van der Waals surface area (Å²) in [4.78, 5) is 252. The van der Waals surface area contributed by atoms with Gasteiger partial charge in [-0.2, -0.15) is 0 Å². The van der Waals surface area contributed by atoms with Crippen LogP contribution in [-0.4, -0.2) is 289 Å². The van der Waals surface area contributed by atoms with Gasteiger partial charge in [0.2, 0.25) is 88.6 Å². The fraction of sp³-hybridized carbons (Fsp3) is 0.727. The zero-order valence-corrected chi connectivity index (χ0v) is 74.3. The second-order valence-corrected chi connectivity index (χ2v) is 31.8. The molecule has 51 nitrogen and oxygen atoms in total. The van der Waals surface area contributed by atoms with E-state index in [1.165, 1.54) is 48.5 Å². The molecule has 0 bridgehead atoms. The average Bonchev–Trinajstić information content (AvgIpc) is 0.946. The minimum Gasteiger partial charge on any atom is -0.481 e.